The topological polar surface area (TPSA) is 9.23 Å². The molecule has 1 aromatic rings. The minimum atomic E-state index is 0.340. The van der Waals surface area contributed by atoms with Crippen LogP contribution < -0.4 is 0 Å². The second-order valence-electron chi connectivity index (χ2n) is 4.10. The smallest absolute Gasteiger partial charge is 0.144 e. The summed E-state index contributed by atoms with van der Waals surface area (Å²) < 4.78 is 5.76. The monoisotopic (exact) mass is 234 g/mol. The number of hydrogen-bond donors (Lipinski definition) is 0. The van der Waals surface area contributed by atoms with Gasteiger partial charge in [-0.05, 0) is 22.8 Å². The van der Waals surface area contributed by atoms with Crippen molar-refractivity contribution in [1.82, 2.24) is 0 Å². The van der Waals surface area contributed by atoms with Crippen molar-refractivity contribution in [2.45, 2.75) is 25.7 Å². The van der Waals surface area contributed by atoms with Gasteiger partial charge in [0.1, 0.15) is 5.44 Å². The first-order valence-electron chi connectivity index (χ1n) is 5.83. The summed E-state index contributed by atoms with van der Waals surface area (Å²) in [6.45, 7) is 4.46. The van der Waals surface area contributed by atoms with Gasteiger partial charge in [0.05, 0.1) is 6.26 Å². The highest BCUT2D eigenvalue weighted by atomic mass is 32.2. The third-order valence-corrected chi connectivity index (χ3v) is 3.89. The molecule has 86 valence electrons. The summed E-state index contributed by atoms with van der Waals surface area (Å²) in [6, 6.07) is 10.5. The van der Waals surface area contributed by atoms with E-state index >= 15 is 0 Å². The average molecular weight is 234 g/mol. The van der Waals surface area contributed by atoms with E-state index in [1.54, 1.807) is 0 Å². The zero-order valence-corrected chi connectivity index (χ0v) is 10.7. The van der Waals surface area contributed by atoms with Crippen molar-refractivity contribution < 1.29 is 4.74 Å². The SMILES string of the molecule is CCS[C@@H]1C[C@H](C)C(c2ccccc2)=CO1. The van der Waals surface area contributed by atoms with Crippen LogP contribution in [0.25, 0.3) is 5.57 Å². The number of benzene rings is 1. The van der Waals surface area contributed by atoms with E-state index in [2.05, 4.69) is 38.1 Å². The molecule has 0 amide bonds. The van der Waals surface area contributed by atoms with Crippen LogP contribution in [0.3, 0.4) is 0 Å². The van der Waals surface area contributed by atoms with Crippen LogP contribution in [0, 0.1) is 5.92 Å². The zero-order valence-electron chi connectivity index (χ0n) is 9.85. The van der Waals surface area contributed by atoms with Crippen LogP contribution in [0.15, 0.2) is 36.6 Å². The molecule has 0 aliphatic carbocycles. The molecule has 2 rings (SSSR count). The van der Waals surface area contributed by atoms with E-state index in [9.17, 15) is 0 Å². The van der Waals surface area contributed by atoms with Gasteiger partial charge in [0.2, 0.25) is 0 Å². The highest BCUT2D eigenvalue weighted by Crippen LogP contribution is 2.35. The standard InChI is InChI=1S/C14H18OS/c1-3-16-14-9-11(2)13(10-15-14)12-7-5-4-6-8-12/h4-8,10-11,14H,3,9H2,1-2H3/t11-,14+/m0/s1. The molecule has 1 aromatic carbocycles. The highest BCUT2D eigenvalue weighted by Gasteiger charge is 2.22. The average Bonchev–Trinajstić information content (AvgIpc) is 2.31. The van der Waals surface area contributed by atoms with Gasteiger partial charge in [0.25, 0.3) is 0 Å². The Morgan fingerprint density at radius 3 is 2.69 bits per heavy atom. The van der Waals surface area contributed by atoms with E-state index in [4.69, 9.17) is 4.74 Å². The first-order chi connectivity index (χ1) is 7.81. The molecule has 0 radical (unpaired) electrons. The lowest BCUT2D eigenvalue weighted by molar-refractivity contribution is 0.188. The predicted molar refractivity (Wildman–Crippen MR) is 71.2 cm³/mol. The third-order valence-electron chi connectivity index (χ3n) is 2.88. The van der Waals surface area contributed by atoms with Crippen molar-refractivity contribution in [3.05, 3.63) is 42.2 Å². The molecule has 0 saturated carbocycles. The molecule has 16 heavy (non-hydrogen) atoms. The molecule has 1 heterocycles. The molecule has 0 fully saturated rings. The van der Waals surface area contributed by atoms with E-state index in [-0.39, 0.29) is 0 Å². The van der Waals surface area contributed by atoms with Crippen molar-refractivity contribution in [2.24, 2.45) is 5.92 Å². The lowest BCUT2D eigenvalue weighted by Crippen LogP contribution is -2.17. The molecule has 0 saturated heterocycles. The van der Waals surface area contributed by atoms with Crippen molar-refractivity contribution in [2.75, 3.05) is 5.75 Å². The second-order valence-corrected chi connectivity index (χ2v) is 5.53. The molecule has 2 atom stereocenters. The quantitative estimate of drug-likeness (QED) is 0.776. The Hall–Kier alpha value is -0.890. The molecule has 2 heteroatoms. The molecular formula is C14H18OS. The summed E-state index contributed by atoms with van der Waals surface area (Å²) in [5, 5.41) is 0. The number of hydrogen-bond acceptors (Lipinski definition) is 2. The van der Waals surface area contributed by atoms with E-state index in [1.165, 1.54) is 11.1 Å². The first-order valence-corrected chi connectivity index (χ1v) is 6.88. The molecule has 0 spiro atoms. The minimum Gasteiger partial charge on any atom is -0.487 e. The van der Waals surface area contributed by atoms with Crippen molar-refractivity contribution in [1.29, 1.82) is 0 Å². The van der Waals surface area contributed by atoms with Gasteiger partial charge in [-0.25, -0.2) is 0 Å². The molecule has 0 N–H and O–H groups in total. The van der Waals surface area contributed by atoms with E-state index in [0.717, 1.165) is 12.2 Å². The first kappa shape index (κ1) is 11.6. The fourth-order valence-corrected chi connectivity index (χ4v) is 2.94. The summed E-state index contributed by atoms with van der Waals surface area (Å²) in [4.78, 5) is 0. The van der Waals surface area contributed by atoms with Crippen molar-refractivity contribution in [3.63, 3.8) is 0 Å². The van der Waals surface area contributed by atoms with Gasteiger partial charge in [-0.1, -0.05) is 44.2 Å². The van der Waals surface area contributed by atoms with Gasteiger partial charge in [-0.2, -0.15) is 0 Å². The molecular weight excluding hydrogens is 216 g/mol. The molecule has 1 aliphatic heterocycles. The second kappa shape index (κ2) is 5.44. The van der Waals surface area contributed by atoms with E-state index in [0.29, 0.717) is 11.4 Å². The van der Waals surface area contributed by atoms with Crippen LogP contribution in [-0.4, -0.2) is 11.2 Å². The number of rotatable bonds is 3. The van der Waals surface area contributed by atoms with Gasteiger partial charge in [0, 0.05) is 6.42 Å². The lowest BCUT2D eigenvalue weighted by atomic mass is 9.91. The van der Waals surface area contributed by atoms with Gasteiger partial charge in [0.15, 0.2) is 0 Å². The van der Waals surface area contributed by atoms with E-state index in [1.807, 2.05) is 24.1 Å². The maximum absolute atomic E-state index is 5.76. The van der Waals surface area contributed by atoms with Gasteiger partial charge < -0.3 is 4.74 Å². The Morgan fingerprint density at radius 2 is 2.06 bits per heavy atom. The molecule has 1 nitrogen and oxygen atoms in total. The molecule has 1 aliphatic rings. The largest absolute Gasteiger partial charge is 0.487 e. The summed E-state index contributed by atoms with van der Waals surface area (Å²) in [6.07, 6.45) is 3.07. The van der Waals surface area contributed by atoms with Crippen LogP contribution in [0.4, 0.5) is 0 Å². The third kappa shape index (κ3) is 2.62. The predicted octanol–water partition coefficient (Wildman–Crippen LogP) is 4.16. The summed E-state index contributed by atoms with van der Waals surface area (Å²) in [5.41, 5.74) is 2.95. The highest BCUT2D eigenvalue weighted by molar-refractivity contribution is 7.99. The summed E-state index contributed by atoms with van der Waals surface area (Å²) >= 11 is 1.89. The Kier molecular flexibility index (Phi) is 3.94. The number of ether oxygens (including phenoxy) is 1. The normalized spacial score (nSPS) is 24.8. The van der Waals surface area contributed by atoms with Crippen molar-refractivity contribution >= 4 is 17.3 Å². The summed E-state index contributed by atoms with van der Waals surface area (Å²) in [7, 11) is 0. The fourth-order valence-electron chi connectivity index (χ4n) is 2.01. The van der Waals surface area contributed by atoms with Crippen LogP contribution >= 0.6 is 11.8 Å². The van der Waals surface area contributed by atoms with Crippen molar-refractivity contribution in [3.8, 4) is 0 Å². The van der Waals surface area contributed by atoms with E-state index < -0.39 is 0 Å². The Bertz CT molecular complexity index is 358. The zero-order chi connectivity index (χ0) is 11.4. The van der Waals surface area contributed by atoms with Crippen LogP contribution in [0.2, 0.25) is 0 Å². The van der Waals surface area contributed by atoms with Crippen LogP contribution in [0.5, 0.6) is 0 Å². The molecule has 0 bridgehead atoms. The van der Waals surface area contributed by atoms with Crippen LogP contribution in [0.1, 0.15) is 25.8 Å². The number of thioether (sulfide) groups is 1. The molecule has 0 unspecified atom stereocenters. The lowest BCUT2D eigenvalue weighted by Gasteiger charge is -2.27. The van der Waals surface area contributed by atoms with Crippen LogP contribution in [-0.2, 0) is 4.74 Å². The van der Waals surface area contributed by atoms with Gasteiger partial charge in [-0.15, -0.1) is 11.8 Å². The van der Waals surface area contributed by atoms with Gasteiger partial charge in [-0.3, -0.25) is 0 Å². The maximum atomic E-state index is 5.76. The maximum Gasteiger partial charge on any atom is 0.144 e. The fraction of sp³-hybridized carbons (Fsp3) is 0.429. The number of allylic oxidation sites excluding steroid dienone is 1. The Morgan fingerprint density at radius 1 is 1.31 bits per heavy atom. The minimum absolute atomic E-state index is 0.340. The van der Waals surface area contributed by atoms with Gasteiger partial charge >= 0.3 is 0 Å². The Balaban J connectivity index is 2.12. The summed E-state index contributed by atoms with van der Waals surface area (Å²) in [5.74, 6) is 1.70. The Labute approximate surface area is 102 Å². The molecule has 0 aromatic heterocycles.